The zero-order valence-electron chi connectivity index (χ0n) is 25.9. The maximum atomic E-state index is 14.1. The van der Waals surface area contributed by atoms with Crippen molar-refractivity contribution in [1.29, 1.82) is 0 Å². The van der Waals surface area contributed by atoms with E-state index in [0.717, 1.165) is 5.56 Å². The van der Waals surface area contributed by atoms with E-state index in [2.05, 4.69) is 4.99 Å². The van der Waals surface area contributed by atoms with Crippen LogP contribution in [0.15, 0.2) is 75.7 Å². The molecule has 0 unspecified atom stereocenters. The number of thiazole rings is 1. The Hall–Kier alpha value is -4.25. The Balaban J connectivity index is 1.60. The van der Waals surface area contributed by atoms with E-state index in [0.29, 0.717) is 65.8 Å². The van der Waals surface area contributed by atoms with Crippen LogP contribution in [-0.2, 0) is 16.1 Å². The number of allylic oxidation sites excluding steroid dienone is 1. The standard InChI is InChI=1S/C34H32Cl2N2O7S/c1-6-43-27-15-21(14-24(36)31(27)45-18-20-8-11-23(35)12-9-20)16-28-32(39)38-30(22-10-13-25(41-4)26(17-22)42-5)29(33(40)44-7-2)19(3)37-34(38)46-28/h8-17,30H,6-7,18H2,1-5H3/b28-16-/t30-/m0/s1. The molecule has 5 rings (SSSR count). The van der Waals surface area contributed by atoms with E-state index < -0.39 is 12.0 Å². The molecule has 240 valence electrons. The Kier molecular flexibility index (Phi) is 10.4. The third-order valence-electron chi connectivity index (χ3n) is 7.17. The van der Waals surface area contributed by atoms with Crippen molar-refractivity contribution in [3.8, 4) is 23.0 Å². The molecule has 0 bridgehead atoms. The van der Waals surface area contributed by atoms with Gasteiger partial charge in [-0.25, -0.2) is 9.79 Å². The highest BCUT2D eigenvalue weighted by Gasteiger charge is 2.34. The average molecular weight is 684 g/mol. The topological polar surface area (TPSA) is 97.6 Å². The summed E-state index contributed by atoms with van der Waals surface area (Å²) in [6, 6.07) is 15.2. The summed E-state index contributed by atoms with van der Waals surface area (Å²) in [7, 11) is 3.06. The third kappa shape index (κ3) is 6.79. The molecule has 2 heterocycles. The third-order valence-corrected chi connectivity index (χ3v) is 8.68. The first-order valence-electron chi connectivity index (χ1n) is 14.4. The monoisotopic (exact) mass is 682 g/mol. The number of esters is 1. The molecule has 12 heteroatoms. The summed E-state index contributed by atoms with van der Waals surface area (Å²) in [5.41, 5.74) is 2.55. The van der Waals surface area contributed by atoms with Crippen LogP contribution in [0.1, 0.15) is 43.5 Å². The highest BCUT2D eigenvalue weighted by Crippen LogP contribution is 2.38. The molecule has 0 N–H and O–H groups in total. The molecule has 46 heavy (non-hydrogen) atoms. The molecule has 0 radical (unpaired) electrons. The number of aromatic nitrogens is 1. The SMILES string of the molecule is CCOC(=O)C1=C(C)N=c2s/c(=C\c3cc(Cl)c(OCc4ccc(Cl)cc4)c(OCC)c3)c(=O)n2[C@H]1c1ccc(OC)c(OC)c1. The van der Waals surface area contributed by atoms with Gasteiger partial charge in [0.25, 0.3) is 5.56 Å². The fourth-order valence-corrected chi connectivity index (χ4v) is 6.54. The van der Waals surface area contributed by atoms with E-state index in [1.165, 1.54) is 30.1 Å². The maximum absolute atomic E-state index is 14.1. The van der Waals surface area contributed by atoms with Crippen LogP contribution in [0, 0.1) is 0 Å². The van der Waals surface area contributed by atoms with E-state index in [4.69, 9.17) is 46.9 Å². The summed E-state index contributed by atoms with van der Waals surface area (Å²) in [5, 5.41) is 0.955. The zero-order chi connectivity index (χ0) is 33.0. The van der Waals surface area contributed by atoms with Crippen molar-refractivity contribution in [2.24, 2.45) is 4.99 Å². The lowest BCUT2D eigenvalue weighted by molar-refractivity contribution is -0.139. The van der Waals surface area contributed by atoms with Crippen molar-refractivity contribution in [3.63, 3.8) is 0 Å². The van der Waals surface area contributed by atoms with E-state index in [1.807, 2.05) is 19.1 Å². The molecule has 4 aromatic rings. The molecule has 0 aliphatic carbocycles. The van der Waals surface area contributed by atoms with Gasteiger partial charge < -0.3 is 23.7 Å². The normalized spacial score (nSPS) is 14.4. The van der Waals surface area contributed by atoms with E-state index in [9.17, 15) is 9.59 Å². The van der Waals surface area contributed by atoms with Gasteiger partial charge in [-0.3, -0.25) is 9.36 Å². The van der Waals surface area contributed by atoms with Crippen LogP contribution in [0.2, 0.25) is 10.0 Å². The molecular weight excluding hydrogens is 651 g/mol. The van der Waals surface area contributed by atoms with E-state index in [1.54, 1.807) is 62.4 Å². The van der Waals surface area contributed by atoms with Crippen molar-refractivity contribution in [3.05, 3.63) is 112 Å². The largest absolute Gasteiger partial charge is 0.493 e. The molecule has 1 aliphatic rings. The number of hydrogen-bond donors (Lipinski definition) is 0. The number of benzene rings is 3. The smallest absolute Gasteiger partial charge is 0.338 e. The molecule has 0 spiro atoms. The fourth-order valence-electron chi connectivity index (χ4n) is 5.09. The molecule has 3 aromatic carbocycles. The van der Waals surface area contributed by atoms with Gasteiger partial charge in [0.1, 0.15) is 6.61 Å². The maximum Gasteiger partial charge on any atom is 0.338 e. The lowest BCUT2D eigenvalue weighted by atomic mass is 9.95. The molecule has 0 amide bonds. The molecule has 0 saturated carbocycles. The average Bonchev–Trinajstić information content (AvgIpc) is 3.34. The first kappa shape index (κ1) is 33.1. The molecule has 0 fully saturated rings. The number of ether oxygens (including phenoxy) is 5. The van der Waals surface area contributed by atoms with Gasteiger partial charge in [0.15, 0.2) is 27.8 Å². The molecular formula is C34H32Cl2N2O7S. The predicted molar refractivity (Wildman–Crippen MR) is 178 cm³/mol. The second-order valence-electron chi connectivity index (χ2n) is 10.1. The number of carbonyl (C=O) groups excluding carboxylic acids is 1. The van der Waals surface area contributed by atoms with Gasteiger partial charge in [-0.05, 0) is 79.9 Å². The quantitative estimate of drug-likeness (QED) is 0.176. The first-order chi connectivity index (χ1) is 22.2. The zero-order valence-corrected chi connectivity index (χ0v) is 28.2. The van der Waals surface area contributed by atoms with E-state index in [-0.39, 0.29) is 24.3 Å². The van der Waals surface area contributed by atoms with Gasteiger partial charge in [-0.2, -0.15) is 0 Å². The van der Waals surface area contributed by atoms with Crippen LogP contribution in [0.3, 0.4) is 0 Å². The predicted octanol–water partition coefficient (Wildman–Crippen LogP) is 6.10. The van der Waals surface area contributed by atoms with Crippen LogP contribution in [0.5, 0.6) is 23.0 Å². The Morgan fingerprint density at radius 1 is 0.957 bits per heavy atom. The number of nitrogens with zero attached hydrogens (tertiary/aromatic N) is 2. The van der Waals surface area contributed by atoms with Crippen molar-refractivity contribution in [2.45, 2.75) is 33.4 Å². The summed E-state index contributed by atoms with van der Waals surface area (Å²) in [6.07, 6.45) is 1.72. The minimum Gasteiger partial charge on any atom is -0.493 e. The summed E-state index contributed by atoms with van der Waals surface area (Å²) < 4.78 is 30.1. The highest BCUT2D eigenvalue weighted by molar-refractivity contribution is 7.07. The Labute approximate surface area is 279 Å². The Morgan fingerprint density at radius 2 is 1.70 bits per heavy atom. The number of carbonyl (C=O) groups is 1. The Morgan fingerprint density at radius 3 is 2.37 bits per heavy atom. The van der Waals surface area contributed by atoms with Crippen LogP contribution >= 0.6 is 34.5 Å². The Bertz CT molecular complexity index is 1980. The molecule has 9 nitrogen and oxygen atoms in total. The van der Waals surface area contributed by atoms with Crippen molar-refractivity contribution in [1.82, 2.24) is 4.57 Å². The summed E-state index contributed by atoms with van der Waals surface area (Å²) in [6.45, 7) is 6.12. The molecule has 0 saturated heterocycles. The van der Waals surface area contributed by atoms with Crippen LogP contribution in [-0.4, -0.2) is 38.0 Å². The summed E-state index contributed by atoms with van der Waals surface area (Å²) in [4.78, 5) is 32.4. The van der Waals surface area contributed by atoms with E-state index >= 15 is 0 Å². The number of fused-ring (bicyclic) bond motifs is 1. The molecule has 1 aliphatic heterocycles. The van der Waals surface area contributed by atoms with Gasteiger partial charge >= 0.3 is 5.97 Å². The van der Waals surface area contributed by atoms with Gasteiger partial charge in [-0.1, -0.05) is 52.7 Å². The molecule has 1 aromatic heterocycles. The lowest BCUT2D eigenvalue weighted by Crippen LogP contribution is -2.40. The minimum atomic E-state index is -0.816. The number of hydrogen-bond acceptors (Lipinski definition) is 9. The first-order valence-corrected chi connectivity index (χ1v) is 16.0. The number of halogens is 2. The fraction of sp³-hybridized carbons (Fsp3) is 0.265. The summed E-state index contributed by atoms with van der Waals surface area (Å²) in [5.74, 6) is 1.24. The van der Waals surface area contributed by atoms with Gasteiger partial charge in [0.05, 0.1) is 54.3 Å². The van der Waals surface area contributed by atoms with Crippen molar-refractivity contribution >= 4 is 46.6 Å². The van der Waals surface area contributed by atoms with Crippen LogP contribution < -0.4 is 33.8 Å². The second-order valence-corrected chi connectivity index (χ2v) is 11.9. The lowest BCUT2D eigenvalue weighted by Gasteiger charge is -2.25. The van der Waals surface area contributed by atoms with Gasteiger partial charge in [-0.15, -0.1) is 0 Å². The number of rotatable bonds is 11. The van der Waals surface area contributed by atoms with Gasteiger partial charge in [0, 0.05) is 5.02 Å². The van der Waals surface area contributed by atoms with Crippen LogP contribution in [0.4, 0.5) is 0 Å². The van der Waals surface area contributed by atoms with Gasteiger partial charge in [0.2, 0.25) is 0 Å². The minimum absolute atomic E-state index is 0.168. The highest BCUT2D eigenvalue weighted by atomic mass is 35.5. The second kappa shape index (κ2) is 14.5. The number of methoxy groups -OCH3 is 2. The molecule has 1 atom stereocenters. The van der Waals surface area contributed by atoms with Crippen molar-refractivity contribution < 1.29 is 28.5 Å². The van der Waals surface area contributed by atoms with Crippen LogP contribution in [0.25, 0.3) is 6.08 Å². The van der Waals surface area contributed by atoms with Crippen molar-refractivity contribution in [2.75, 3.05) is 27.4 Å². The summed E-state index contributed by atoms with van der Waals surface area (Å²) >= 11 is 13.9.